The van der Waals surface area contributed by atoms with Crippen LogP contribution >= 0.6 is 0 Å². The van der Waals surface area contributed by atoms with Crippen molar-refractivity contribution in [2.75, 3.05) is 0 Å². The number of hydrogen-bond donors (Lipinski definition) is 4. The number of aliphatic hydroxyl groups is 4. The summed E-state index contributed by atoms with van der Waals surface area (Å²) in [6.07, 6.45) is -1.98. The Bertz CT molecular complexity index is 214. The molecule has 0 spiro atoms. The highest BCUT2D eigenvalue weighted by molar-refractivity contribution is 5.04. The predicted octanol–water partition coefficient (Wildman–Crippen LogP) is -0.360. The molecule has 4 atom stereocenters. The van der Waals surface area contributed by atoms with Crippen LogP contribution in [0, 0.1) is 5.92 Å². The van der Waals surface area contributed by atoms with E-state index < -0.39 is 23.4 Å². The van der Waals surface area contributed by atoms with Gasteiger partial charge in [0.25, 0.3) is 0 Å². The highest BCUT2D eigenvalue weighted by atomic mass is 16.4. The van der Waals surface area contributed by atoms with Crippen LogP contribution in [0.25, 0.3) is 0 Å². The lowest BCUT2D eigenvalue weighted by Crippen LogP contribution is -2.63. The van der Waals surface area contributed by atoms with E-state index >= 15 is 0 Å². The van der Waals surface area contributed by atoms with Gasteiger partial charge in [0.15, 0.2) is 0 Å². The predicted molar refractivity (Wildman–Crippen MR) is 51.7 cm³/mol. The minimum Gasteiger partial charge on any atom is -0.387 e. The van der Waals surface area contributed by atoms with Crippen molar-refractivity contribution in [1.29, 1.82) is 0 Å². The molecule has 0 aromatic carbocycles. The Hall–Kier alpha value is -0.160. The molecule has 1 aliphatic rings. The van der Waals surface area contributed by atoms with Crippen LogP contribution < -0.4 is 0 Å². The molecule has 0 heterocycles. The van der Waals surface area contributed by atoms with Gasteiger partial charge in [-0.15, -0.1) is 0 Å². The summed E-state index contributed by atoms with van der Waals surface area (Å²) >= 11 is 0. The van der Waals surface area contributed by atoms with Crippen molar-refractivity contribution < 1.29 is 20.4 Å². The zero-order valence-corrected chi connectivity index (χ0v) is 8.94. The molecule has 14 heavy (non-hydrogen) atoms. The van der Waals surface area contributed by atoms with Gasteiger partial charge in [-0.25, -0.2) is 0 Å². The van der Waals surface area contributed by atoms with Crippen LogP contribution in [0.4, 0.5) is 0 Å². The van der Waals surface area contributed by atoms with Gasteiger partial charge in [-0.1, -0.05) is 13.8 Å². The minimum atomic E-state index is -1.31. The summed E-state index contributed by atoms with van der Waals surface area (Å²) in [5.74, 6) is -0.150. The van der Waals surface area contributed by atoms with Gasteiger partial charge >= 0.3 is 0 Å². The molecule has 0 aromatic rings. The van der Waals surface area contributed by atoms with Crippen LogP contribution in [0.15, 0.2) is 0 Å². The lowest BCUT2D eigenvalue weighted by Gasteiger charge is -2.48. The van der Waals surface area contributed by atoms with Crippen molar-refractivity contribution >= 4 is 0 Å². The SMILES string of the molecule is CC(C)[C@@]1(O)CC[C@](C)(O)[C@@H](O)[C@H]1O. The van der Waals surface area contributed by atoms with E-state index in [1.807, 2.05) is 0 Å². The Kier molecular flexibility index (Phi) is 2.94. The zero-order chi connectivity index (χ0) is 11.1. The Morgan fingerprint density at radius 2 is 1.57 bits per heavy atom. The van der Waals surface area contributed by atoms with Gasteiger partial charge in [0, 0.05) is 0 Å². The quantitative estimate of drug-likeness (QED) is 0.470. The summed E-state index contributed by atoms with van der Waals surface area (Å²) in [6, 6.07) is 0. The standard InChI is InChI=1S/C10H20O4/c1-6(2)10(14)5-4-9(3,13)7(11)8(10)12/h6-8,11-14H,4-5H2,1-3H3/t7-,8+,9-,10-/m0/s1. The van der Waals surface area contributed by atoms with Crippen molar-refractivity contribution in [3.8, 4) is 0 Å². The lowest BCUT2D eigenvalue weighted by atomic mass is 9.68. The lowest BCUT2D eigenvalue weighted by molar-refractivity contribution is -0.229. The second kappa shape index (κ2) is 3.45. The van der Waals surface area contributed by atoms with Crippen molar-refractivity contribution in [2.24, 2.45) is 5.92 Å². The Labute approximate surface area is 84.2 Å². The van der Waals surface area contributed by atoms with Crippen LogP contribution in [0.3, 0.4) is 0 Å². The molecule has 0 aliphatic heterocycles. The molecule has 1 rings (SSSR count). The topological polar surface area (TPSA) is 80.9 Å². The minimum absolute atomic E-state index is 0.150. The molecule has 0 amide bonds. The molecule has 4 N–H and O–H groups in total. The van der Waals surface area contributed by atoms with Crippen molar-refractivity contribution in [3.05, 3.63) is 0 Å². The highest BCUT2D eigenvalue weighted by Gasteiger charge is 2.53. The van der Waals surface area contributed by atoms with Crippen LogP contribution in [0.2, 0.25) is 0 Å². The molecule has 0 saturated heterocycles. The maximum atomic E-state index is 10.1. The maximum Gasteiger partial charge on any atom is 0.112 e. The van der Waals surface area contributed by atoms with Gasteiger partial charge < -0.3 is 20.4 Å². The molecule has 0 bridgehead atoms. The van der Waals surface area contributed by atoms with Gasteiger partial charge in [0.1, 0.15) is 12.2 Å². The summed E-state index contributed by atoms with van der Waals surface area (Å²) in [7, 11) is 0. The summed E-state index contributed by atoms with van der Waals surface area (Å²) in [5.41, 5.74) is -2.60. The number of rotatable bonds is 1. The third-order valence-corrected chi connectivity index (χ3v) is 3.48. The van der Waals surface area contributed by atoms with Crippen molar-refractivity contribution in [2.45, 2.75) is 57.0 Å². The normalized spacial score (nSPS) is 49.7. The second-order valence-corrected chi connectivity index (χ2v) is 4.89. The second-order valence-electron chi connectivity index (χ2n) is 4.89. The summed E-state index contributed by atoms with van der Waals surface area (Å²) in [4.78, 5) is 0. The van der Waals surface area contributed by atoms with Crippen LogP contribution in [-0.4, -0.2) is 43.8 Å². The summed E-state index contributed by atoms with van der Waals surface area (Å²) < 4.78 is 0. The van der Waals surface area contributed by atoms with E-state index in [1.54, 1.807) is 13.8 Å². The molecular formula is C10H20O4. The largest absolute Gasteiger partial charge is 0.387 e. The molecule has 84 valence electrons. The van der Waals surface area contributed by atoms with Crippen LogP contribution in [-0.2, 0) is 0 Å². The monoisotopic (exact) mass is 204 g/mol. The average Bonchev–Trinajstić information content (AvgIpc) is 2.09. The smallest absolute Gasteiger partial charge is 0.112 e. The third kappa shape index (κ3) is 1.67. The van der Waals surface area contributed by atoms with Crippen LogP contribution in [0.5, 0.6) is 0 Å². The fourth-order valence-electron chi connectivity index (χ4n) is 1.99. The van der Waals surface area contributed by atoms with Gasteiger partial charge in [-0.05, 0) is 25.7 Å². The average molecular weight is 204 g/mol. The molecule has 1 saturated carbocycles. The van der Waals surface area contributed by atoms with E-state index in [4.69, 9.17) is 0 Å². The Morgan fingerprint density at radius 1 is 1.07 bits per heavy atom. The molecule has 0 radical (unpaired) electrons. The van der Waals surface area contributed by atoms with Gasteiger partial charge in [0.05, 0.1) is 11.2 Å². The third-order valence-electron chi connectivity index (χ3n) is 3.48. The number of hydrogen-bond acceptors (Lipinski definition) is 4. The Balaban J connectivity index is 2.89. The first kappa shape index (κ1) is 11.9. The van der Waals surface area contributed by atoms with E-state index in [1.165, 1.54) is 6.92 Å². The van der Waals surface area contributed by atoms with E-state index in [0.717, 1.165) is 0 Å². The number of aliphatic hydroxyl groups excluding tert-OH is 2. The molecule has 1 aliphatic carbocycles. The van der Waals surface area contributed by atoms with E-state index in [2.05, 4.69) is 0 Å². The van der Waals surface area contributed by atoms with Gasteiger partial charge in [-0.3, -0.25) is 0 Å². The van der Waals surface area contributed by atoms with Crippen LogP contribution in [0.1, 0.15) is 33.6 Å². The molecule has 0 unspecified atom stereocenters. The van der Waals surface area contributed by atoms with E-state index in [0.29, 0.717) is 12.8 Å². The first-order chi connectivity index (χ1) is 6.22. The Morgan fingerprint density at radius 3 is 2.00 bits per heavy atom. The first-order valence-corrected chi connectivity index (χ1v) is 5.02. The van der Waals surface area contributed by atoms with E-state index in [9.17, 15) is 20.4 Å². The molecule has 4 heteroatoms. The fraction of sp³-hybridized carbons (Fsp3) is 1.00. The summed E-state index contributed by atoms with van der Waals surface area (Å²) in [5, 5.41) is 39.2. The molecular weight excluding hydrogens is 184 g/mol. The molecule has 1 fully saturated rings. The highest BCUT2D eigenvalue weighted by Crippen LogP contribution is 2.39. The van der Waals surface area contributed by atoms with Crippen molar-refractivity contribution in [3.63, 3.8) is 0 Å². The molecule has 0 aromatic heterocycles. The maximum absolute atomic E-state index is 10.1. The van der Waals surface area contributed by atoms with Gasteiger partial charge in [0.2, 0.25) is 0 Å². The molecule has 4 nitrogen and oxygen atoms in total. The van der Waals surface area contributed by atoms with E-state index in [-0.39, 0.29) is 5.92 Å². The first-order valence-electron chi connectivity index (χ1n) is 5.02. The van der Waals surface area contributed by atoms with Gasteiger partial charge in [-0.2, -0.15) is 0 Å². The van der Waals surface area contributed by atoms with Crippen molar-refractivity contribution in [1.82, 2.24) is 0 Å². The zero-order valence-electron chi connectivity index (χ0n) is 8.94. The summed E-state index contributed by atoms with van der Waals surface area (Å²) in [6.45, 7) is 5.05. The fourth-order valence-corrected chi connectivity index (χ4v) is 1.99.